The first-order chi connectivity index (χ1) is 11.1. The third kappa shape index (κ3) is 4.29. The lowest BCUT2D eigenvalue weighted by Gasteiger charge is -2.33. The minimum Gasteiger partial charge on any atom is -0.371 e. The molecule has 1 atom stereocenters. The van der Waals surface area contributed by atoms with Crippen molar-refractivity contribution < 1.29 is 9.53 Å². The molecule has 128 valence electrons. The molecular weight excluding hydrogens is 310 g/mol. The molecule has 1 N–H and O–H groups in total. The van der Waals surface area contributed by atoms with Crippen LogP contribution in [-0.4, -0.2) is 38.9 Å². The summed E-state index contributed by atoms with van der Waals surface area (Å²) in [6.07, 6.45) is 9.12. The second-order valence-corrected chi connectivity index (χ2v) is 7.91. The molecule has 1 amide bonds. The van der Waals surface area contributed by atoms with Gasteiger partial charge in [-0.25, -0.2) is 0 Å². The maximum atomic E-state index is 12.0. The van der Waals surface area contributed by atoms with Gasteiger partial charge in [-0.1, -0.05) is 19.3 Å². The van der Waals surface area contributed by atoms with E-state index in [1.165, 1.54) is 38.5 Å². The molecule has 6 heteroatoms. The van der Waals surface area contributed by atoms with E-state index >= 15 is 0 Å². The average molecular weight is 337 g/mol. The molecule has 1 aliphatic heterocycles. The first-order valence-electron chi connectivity index (χ1n) is 8.62. The van der Waals surface area contributed by atoms with Crippen LogP contribution in [-0.2, 0) is 16.6 Å². The normalized spacial score (nSPS) is 23.3. The van der Waals surface area contributed by atoms with Crippen molar-refractivity contribution in [1.82, 2.24) is 9.78 Å². The standard InChI is InChI=1S/C17H27N3O2S/c1-13-10-15(20(2)19-13)18-16(21)12-23-11-14-6-9-17(22-14)7-4-3-5-8-17/h10,14H,3-9,11-12H2,1-2H3,(H,18,21)/t14-/m1/s1. The van der Waals surface area contributed by atoms with Crippen LogP contribution in [0.3, 0.4) is 0 Å². The number of carbonyl (C=O) groups excluding carboxylic acids is 1. The molecule has 2 aliphatic rings. The molecule has 0 bridgehead atoms. The number of anilines is 1. The van der Waals surface area contributed by atoms with Gasteiger partial charge in [0.15, 0.2) is 0 Å². The number of ether oxygens (including phenoxy) is 1. The lowest BCUT2D eigenvalue weighted by atomic mass is 9.83. The van der Waals surface area contributed by atoms with E-state index in [1.807, 2.05) is 20.0 Å². The van der Waals surface area contributed by atoms with E-state index in [9.17, 15) is 4.79 Å². The van der Waals surface area contributed by atoms with E-state index in [4.69, 9.17) is 4.74 Å². The van der Waals surface area contributed by atoms with Gasteiger partial charge in [-0.05, 0) is 32.6 Å². The van der Waals surface area contributed by atoms with E-state index in [1.54, 1.807) is 16.4 Å². The maximum absolute atomic E-state index is 12.0. The molecule has 0 unspecified atom stereocenters. The lowest BCUT2D eigenvalue weighted by molar-refractivity contribution is -0.113. The van der Waals surface area contributed by atoms with Crippen molar-refractivity contribution in [2.45, 2.75) is 63.6 Å². The number of hydrogen-bond acceptors (Lipinski definition) is 4. The molecule has 1 saturated heterocycles. The summed E-state index contributed by atoms with van der Waals surface area (Å²) in [4.78, 5) is 12.0. The number of aryl methyl sites for hydroxylation is 2. The number of amides is 1. The third-order valence-corrected chi connectivity index (χ3v) is 5.98. The van der Waals surface area contributed by atoms with Crippen LogP contribution in [0, 0.1) is 6.92 Å². The molecular formula is C17H27N3O2S. The fraction of sp³-hybridized carbons (Fsp3) is 0.765. The predicted octanol–water partition coefficient (Wildman–Crippen LogP) is 3.28. The van der Waals surface area contributed by atoms with E-state index in [0.29, 0.717) is 11.9 Å². The minimum absolute atomic E-state index is 0.0309. The zero-order valence-corrected chi connectivity index (χ0v) is 15.0. The number of nitrogens with one attached hydrogen (secondary N) is 1. The Morgan fingerprint density at radius 1 is 1.43 bits per heavy atom. The predicted molar refractivity (Wildman–Crippen MR) is 93.8 cm³/mol. The summed E-state index contributed by atoms with van der Waals surface area (Å²) in [6.45, 7) is 1.92. The number of rotatable bonds is 5. The first kappa shape index (κ1) is 16.8. The summed E-state index contributed by atoms with van der Waals surface area (Å²) >= 11 is 1.67. The molecule has 1 aromatic rings. The summed E-state index contributed by atoms with van der Waals surface area (Å²) in [5, 5.41) is 7.14. The molecule has 3 rings (SSSR count). The fourth-order valence-electron chi connectivity index (χ4n) is 3.77. The lowest BCUT2D eigenvalue weighted by Crippen LogP contribution is -2.32. The van der Waals surface area contributed by atoms with Gasteiger partial charge in [-0.3, -0.25) is 9.48 Å². The Kier molecular flexibility index (Phi) is 5.31. The van der Waals surface area contributed by atoms with Gasteiger partial charge in [-0.2, -0.15) is 5.10 Å². The second kappa shape index (κ2) is 7.26. The van der Waals surface area contributed by atoms with Gasteiger partial charge in [0.25, 0.3) is 0 Å². The maximum Gasteiger partial charge on any atom is 0.235 e. The molecule has 1 aromatic heterocycles. The first-order valence-corrected chi connectivity index (χ1v) is 9.78. The SMILES string of the molecule is Cc1cc(NC(=O)CSC[C@H]2CCC3(CCCCC3)O2)n(C)n1. The van der Waals surface area contributed by atoms with Crippen molar-refractivity contribution in [1.29, 1.82) is 0 Å². The van der Waals surface area contributed by atoms with Crippen molar-refractivity contribution in [2.24, 2.45) is 7.05 Å². The summed E-state index contributed by atoms with van der Waals surface area (Å²) < 4.78 is 8.04. The van der Waals surface area contributed by atoms with Crippen LogP contribution in [0.1, 0.15) is 50.6 Å². The van der Waals surface area contributed by atoms with Gasteiger partial charge in [-0.15, -0.1) is 11.8 Å². The Hall–Kier alpha value is -1.01. The highest BCUT2D eigenvalue weighted by Gasteiger charge is 2.40. The van der Waals surface area contributed by atoms with Crippen molar-refractivity contribution in [3.8, 4) is 0 Å². The summed E-state index contributed by atoms with van der Waals surface area (Å²) in [6, 6.07) is 1.88. The van der Waals surface area contributed by atoms with E-state index < -0.39 is 0 Å². The van der Waals surface area contributed by atoms with Gasteiger partial charge in [0, 0.05) is 18.9 Å². The molecule has 1 saturated carbocycles. The molecule has 5 nitrogen and oxygen atoms in total. The van der Waals surface area contributed by atoms with Gasteiger partial charge in [0.2, 0.25) is 5.91 Å². The number of hydrogen-bond donors (Lipinski definition) is 1. The highest BCUT2D eigenvalue weighted by atomic mass is 32.2. The molecule has 0 aromatic carbocycles. The molecule has 1 aliphatic carbocycles. The Labute approximate surface area is 142 Å². The Morgan fingerprint density at radius 2 is 2.22 bits per heavy atom. The monoisotopic (exact) mass is 337 g/mol. The Bertz CT molecular complexity index is 552. The number of thioether (sulfide) groups is 1. The molecule has 0 radical (unpaired) electrons. The second-order valence-electron chi connectivity index (χ2n) is 6.88. The summed E-state index contributed by atoms with van der Waals surface area (Å²) in [5.41, 5.74) is 1.09. The van der Waals surface area contributed by atoms with Crippen LogP contribution in [0.2, 0.25) is 0 Å². The molecule has 23 heavy (non-hydrogen) atoms. The van der Waals surface area contributed by atoms with Crippen molar-refractivity contribution in [2.75, 3.05) is 16.8 Å². The molecule has 2 fully saturated rings. The topological polar surface area (TPSA) is 56.1 Å². The third-order valence-electron chi connectivity index (χ3n) is 4.91. The summed E-state index contributed by atoms with van der Waals surface area (Å²) in [5.74, 6) is 2.17. The highest BCUT2D eigenvalue weighted by molar-refractivity contribution is 8.00. The largest absolute Gasteiger partial charge is 0.371 e. The number of carbonyl (C=O) groups is 1. The quantitative estimate of drug-likeness (QED) is 0.896. The van der Waals surface area contributed by atoms with Crippen molar-refractivity contribution >= 4 is 23.5 Å². The van der Waals surface area contributed by atoms with Gasteiger partial charge >= 0.3 is 0 Å². The van der Waals surface area contributed by atoms with E-state index in [0.717, 1.165) is 23.7 Å². The zero-order valence-electron chi connectivity index (χ0n) is 14.1. The molecule has 2 heterocycles. The average Bonchev–Trinajstić information content (AvgIpc) is 3.04. The van der Waals surface area contributed by atoms with Crippen molar-refractivity contribution in [3.63, 3.8) is 0 Å². The number of aromatic nitrogens is 2. The Balaban J connectivity index is 1.38. The minimum atomic E-state index is 0.0309. The Morgan fingerprint density at radius 3 is 2.91 bits per heavy atom. The van der Waals surface area contributed by atoms with Crippen LogP contribution >= 0.6 is 11.8 Å². The fourth-order valence-corrected chi connectivity index (χ4v) is 4.64. The van der Waals surface area contributed by atoms with E-state index in [-0.39, 0.29) is 11.5 Å². The van der Waals surface area contributed by atoms with Crippen LogP contribution in [0.15, 0.2) is 6.07 Å². The smallest absolute Gasteiger partial charge is 0.235 e. The van der Waals surface area contributed by atoms with Crippen LogP contribution < -0.4 is 5.32 Å². The van der Waals surface area contributed by atoms with E-state index in [2.05, 4.69) is 10.4 Å². The summed E-state index contributed by atoms with van der Waals surface area (Å²) in [7, 11) is 1.84. The van der Waals surface area contributed by atoms with Crippen LogP contribution in [0.5, 0.6) is 0 Å². The van der Waals surface area contributed by atoms with Gasteiger partial charge < -0.3 is 10.1 Å². The zero-order chi connectivity index (χ0) is 16.3. The van der Waals surface area contributed by atoms with Gasteiger partial charge in [0.1, 0.15) is 5.82 Å². The number of nitrogens with zero attached hydrogens (tertiary/aromatic N) is 2. The highest BCUT2D eigenvalue weighted by Crippen LogP contribution is 2.42. The van der Waals surface area contributed by atoms with Crippen LogP contribution in [0.4, 0.5) is 5.82 Å². The molecule has 1 spiro atoms. The van der Waals surface area contributed by atoms with Gasteiger partial charge in [0.05, 0.1) is 23.2 Å². The van der Waals surface area contributed by atoms with Crippen molar-refractivity contribution in [3.05, 3.63) is 11.8 Å². The van der Waals surface area contributed by atoms with Crippen LogP contribution in [0.25, 0.3) is 0 Å².